The zero-order chi connectivity index (χ0) is 12.1. The van der Waals surface area contributed by atoms with E-state index >= 15 is 0 Å². The van der Waals surface area contributed by atoms with Crippen LogP contribution < -0.4 is 0 Å². The number of rotatable bonds is 3. The summed E-state index contributed by atoms with van der Waals surface area (Å²) in [6.07, 6.45) is 6.23. The third-order valence-corrected chi connectivity index (χ3v) is 4.76. The van der Waals surface area contributed by atoms with Crippen LogP contribution in [0.3, 0.4) is 0 Å². The van der Waals surface area contributed by atoms with Gasteiger partial charge in [0.2, 0.25) is 5.91 Å². The highest BCUT2D eigenvalue weighted by Gasteiger charge is 2.34. The van der Waals surface area contributed by atoms with Crippen molar-refractivity contribution in [3.8, 4) is 0 Å². The molecule has 2 aliphatic heterocycles. The van der Waals surface area contributed by atoms with Gasteiger partial charge in [0.1, 0.15) is 0 Å². The minimum absolute atomic E-state index is 0.196. The van der Waals surface area contributed by atoms with Gasteiger partial charge in [-0.05, 0) is 31.4 Å². The molecule has 0 bridgehead atoms. The van der Waals surface area contributed by atoms with Crippen molar-refractivity contribution < 1.29 is 9.53 Å². The lowest BCUT2D eigenvalue weighted by Gasteiger charge is -2.39. The Labute approximate surface area is 109 Å². The summed E-state index contributed by atoms with van der Waals surface area (Å²) in [6, 6.07) is 0. The first-order chi connectivity index (χ1) is 8.26. The molecule has 0 aromatic rings. The third-order valence-electron chi connectivity index (χ3n) is 4.09. The molecule has 2 saturated heterocycles. The van der Waals surface area contributed by atoms with Crippen LogP contribution >= 0.6 is 12.6 Å². The van der Waals surface area contributed by atoms with E-state index < -0.39 is 0 Å². The van der Waals surface area contributed by atoms with E-state index in [0.29, 0.717) is 5.91 Å². The molecule has 0 atom stereocenters. The van der Waals surface area contributed by atoms with Crippen LogP contribution in [-0.2, 0) is 9.53 Å². The molecule has 2 rings (SSSR count). The summed E-state index contributed by atoms with van der Waals surface area (Å²) in [5.41, 5.74) is 0.196. The fourth-order valence-corrected chi connectivity index (χ4v) is 3.20. The quantitative estimate of drug-likeness (QED) is 0.785. The van der Waals surface area contributed by atoms with Crippen LogP contribution in [0.25, 0.3) is 0 Å². The van der Waals surface area contributed by atoms with Crippen LogP contribution in [0.4, 0.5) is 0 Å². The van der Waals surface area contributed by atoms with Gasteiger partial charge in [-0.25, -0.2) is 0 Å². The number of amides is 1. The molecule has 0 radical (unpaired) electrons. The highest BCUT2D eigenvalue weighted by Crippen LogP contribution is 2.33. The Morgan fingerprint density at radius 2 is 2.00 bits per heavy atom. The third kappa shape index (κ3) is 3.38. The average molecular weight is 257 g/mol. The van der Waals surface area contributed by atoms with Crippen LogP contribution in [0.1, 0.15) is 38.5 Å². The number of thiol groups is 1. The summed E-state index contributed by atoms with van der Waals surface area (Å²) in [4.78, 5) is 14.1. The van der Waals surface area contributed by atoms with Gasteiger partial charge in [0.15, 0.2) is 0 Å². The zero-order valence-corrected chi connectivity index (χ0v) is 11.4. The Morgan fingerprint density at radius 3 is 2.71 bits per heavy atom. The summed E-state index contributed by atoms with van der Waals surface area (Å²) < 4.78 is 5.43. The van der Waals surface area contributed by atoms with Crippen molar-refractivity contribution in [2.75, 3.05) is 32.1 Å². The summed E-state index contributed by atoms with van der Waals surface area (Å²) in [7, 11) is 0. The summed E-state index contributed by atoms with van der Waals surface area (Å²) in [5, 5.41) is 0. The zero-order valence-electron chi connectivity index (χ0n) is 10.5. The van der Waals surface area contributed by atoms with E-state index in [4.69, 9.17) is 4.74 Å². The van der Waals surface area contributed by atoms with Crippen molar-refractivity contribution in [2.24, 2.45) is 5.41 Å². The van der Waals surface area contributed by atoms with Crippen LogP contribution in [0, 0.1) is 5.41 Å². The second kappa shape index (κ2) is 6.10. The molecule has 0 aliphatic carbocycles. The minimum atomic E-state index is 0.196. The lowest BCUT2D eigenvalue weighted by Crippen LogP contribution is -2.45. The lowest BCUT2D eigenvalue weighted by molar-refractivity contribution is -0.133. The molecule has 2 aliphatic rings. The Kier molecular flexibility index (Phi) is 4.74. The number of hydrogen-bond donors (Lipinski definition) is 1. The number of carbonyl (C=O) groups is 1. The minimum Gasteiger partial charge on any atom is -0.381 e. The van der Waals surface area contributed by atoms with Gasteiger partial charge in [0, 0.05) is 38.1 Å². The predicted octanol–water partition coefficient (Wildman–Crippen LogP) is 2.12. The van der Waals surface area contributed by atoms with E-state index in [2.05, 4.69) is 17.5 Å². The van der Waals surface area contributed by atoms with Gasteiger partial charge in [-0.15, -0.1) is 0 Å². The molecule has 0 aromatic heterocycles. The van der Waals surface area contributed by atoms with Gasteiger partial charge < -0.3 is 9.64 Å². The molecular formula is C13H23NO2S. The molecule has 98 valence electrons. The first-order valence-electron chi connectivity index (χ1n) is 6.72. The lowest BCUT2D eigenvalue weighted by atomic mass is 9.81. The maximum absolute atomic E-state index is 12.0. The molecule has 0 saturated carbocycles. The molecule has 4 heteroatoms. The van der Waals surface area contributed by atoms with Gasteiger partial charge in [-0.1, -0.05) is 6.42 Å². The first-order valence-corrected chi connectivity index (χ1v) is 7.35. The fraction of sp³-hybridized carbons (Fsp3) is 0.923. The Morgan fingerprint density at radius 1 is 1.24 bits per heavy atom. The van der Waals surface area contributed by atoms with Gasteiger partial charge >= 0.3 is 0 Å². The van der Waals surface area contributed by atoms with E-state index in [1.54, 1.807) is 0 Å². The second-order valence-electron chi connectivity index (χ2n) is 5.40. The highest BCUT2D eigenvalue weighted by molar-refractivity contribution is 7.80. The maximum Gasteiger partial charge on any atom is 0.222 e. The predicted molar refractivity (Wildman–Crippen MR) is 71.4 cm³/mol. The Hall–Kier alpha value is -0.220. The van der Waals surface area contributed by atoms with Crippen LogP contribution in [0.2, 0.25) is 0 Å². The molecule has 0 aromatic carbocycles. The molecule has 0 N–H and O–H groups in total. The van der Waals surface area contributed by atoms with Gasteiger partial charge in [-0.2, -0.15) is 12.6 Å². The van der Waals surface area contributed by atoms with Crippen molar-refractivity contribution in [3.63, 3.8) is 0 Å². The molecule has 3 nitrogen and oxygen atoms in total. The smallest absolute Gasteiger partial charge is 0.222 e. The van der Waals surface area contributed by atoms with Crippen molar-refractivity contribution in [1.29, 1.82) is 0 Å². The van der Waals surface area contributed by atoms with Gasteiger partial charge in [-0.3, -0.25) is 4.79 Å². The summed E-state index contributed by atoms with van der Waals surface area (Å²) in [6.45, 7) is 3.47. The standard InChI is InChI=1S/C13H23NO2S/c15-12-4-2-1-3-7-14(12)10-13(11-17)5-8-16-9-6-13/h17H,1-11H2. The first kappa shape index (κ1) is 13.2. The maximum atomic E-state index is 12.0. The summed E-state index contributed by atoms with van der Waals surface area (Å²) >= 11 is 4.51. The highest BCUT2D eigenvalue weighted by atomic mass is 32.1. The molecule has 2 heterocycles. The van der Waals surface area contributed by atoms with Crippen molar-refractivity contribution in [1.82, 2.24) is 4.90 Å². The van der Waals surface area contributed by atoms with Crippen molar-refractivity contribution in [2.45, 2.75) is 38.5 Å². The van der Waals surface area contributed by atoms with E-state index in [0.717, 1.165) is 64.2 Å². The largest absolute Gasteiger partial charge is 0.381 e. The van der Waals surface area contributed by atoms with Gasteiger partial charge in [0.25, 0.3) is 0 Å². The molecule has 0 unspecified atom stereocenters. The number of carbonyl (C=O) groups excluding carboxylic acids is 1. The van der Waals surface area contributed by atoms with E-state index in [1.807, 2.05) is 0 Å². The Bertz CT molecular complexity index is 264. The number of ether oxygens (including phenoxy) is 1. The monoisotopic (exact) mass is 257 g/mol. The number of hydrogen-bond acceptors (Lipinski definition) is 3. The van der Waals surface area contributed by atoms with Crippen LogP contribution in [0.15, 0.2) is 0 Å². The fourth-order valence-electron chi connectivity index (χ4n) is 2.78. The molecule has 1 amide bonds. The second-order valence-corrected chi connectivity index (χ2v) is 5.71. The average Bonchev–Trinajstić information content (AvgIpc) is 2.56. The molecule has 2 fully saturated rings. The van der Waals surface area contributed by atoms with Crippen LogP contribution in [0.5, 0.6) is 0 Å². The van der Waals surface area contributed by atoms with Crippen molar-refractivity contribution in [3.05, 3.63) is 0 Å². The number of nitrogens with zero attached hydrogens (tertiary/aromatic N) is 1. The molecule has 17 heavy (non-hydrogen) atoms. The molecular weight excluding hydrogens is 234 g/mol. The molecule has 0 spiro atoms. The van der Waals surface area contributed by atoms with E-state index in [9.17, 15) is 4.79 Å². The van der Waals surface area contributed by atoms with Gasteiger partial charge in [0.05, 0.1) is 0 Å². The summed E-state index contributed by atoms with van der Waals surface area (Å²) in [5.74, 6) is 1.20. The normalized spacial score (nSPS) is 25.7. The van der Waals surface area contributed by atoms with E-state index in [-0.39, 0.29) is 5.41 Å². The number of likely N-dealkylation sites (tertiary alicyclic amines) is 1. The SMILES string of the molecule is O=C1CCCCCN1CC1(CS)CCOCC1. The topological polar surface area (TPSA) is 29.5 Å². The van der Waals surface area contributed by atoms with Crippen LogP contribution in [-0.4, -0.2) is 42.9 Å². The Balaban J connectivity index is 1.98. The van der Waals surface area contributed by atoms with E-state index in [1.165, 1.54) is 6.42 Å². The van der Waals surface area contributed by atoms with Crippen molar-refractivity contribution >= 4 is 18.5 Å².